The molecule has 7 nitrogen and oxygen atoms in total. The fourth-order valence-corrected chi connectivity index (χ4v) is 6.06. The second-order valence-electron chi connectivity index (χ2n) is 7.82. The number of sulfone groups is 1. The van der Waals surface area contributed by atoms with E-state index in [0.29, 0.717) is 28.7 Å². The van der Waals surface area contributed by atoms with Gasteiger partial charge in [0.1, 0.15) is 17.1 Å². The third-order valence-electron chi connectivity index (χ3n) is 5.52. The SMILES string of the molecule is COc1ccc(S(=O)(=O)CCCC(=O)N(CC2CCCO2)c2nc3c(F)cccc3s2)cc1. The van der Waals surface area contributed by atoms with Crippen molar-refractivity contribution in [1.82, 2.24) is 4.98 Å². The maximum absolute atomic E-state index is 14.2. The first-order valence-corrected chi connectivity index (χ1v) is 13.2. The average Bonchev–Trinajstić information content (AvgIpc) is 3.47. The number of carbonyl (C=O) groups excluding carboxylic acids is 1. The molecule has 1 amide bonds. The Labute approximate surface area is 196 Å². The first kappa shape index (κ1) is 23.6. The topological polar surface area (TPSA) is 85.8 Å². The van der Waals surface area contributed by atoms with E-state index in [2.05, 4.69) is 4.98 Å². The van der Waals surface area contributed by atoms with E-state index < -0.39 is 15.7 Å². The van der Waals surface area contributed by atoms with Crippen LogP contribution >= 0.6 is 11.3 Å². The number of aromatic nitrogens is 1. The largest absolute Gasteiger partial charge is 0.497 e. The van der Waals surface area contributed by atoms with Gasteiger partial charge in [0.05, 0.1) is 35.1 Å². The van der Waals surface area contributed by atoms with Gasteiger partial charge in [-0.1, -0.05) is 17.4 Å². The maximum Gasteiger partial charge on any atom is 0.228 e. The van der Waals surface area contributed by atoms with E-state index >= 15 is 0 Å². The van der Waals surface area contributed by atoms with Gasteiger partial charge in [-0.2, -0.15) is 0 Å². The Kier molecular flexibility index (Phi) is 7.26. The number of ether oxygens (including phenoxy) is 2. The third-order valence-corrected chi connectivity index (χ3v) is 8.38. The number of benzene rings is 2. The summed E-state index contributed by atoms with van der Waals surface area (Å²) in [6.45, 7) is 0.951. The predicted octanol–water partition coefficient (Wildman–Crippen LogP) is 4.21. The van der Waals surface area contributed by atoms with Crippen molar-refractivity contribution in [1.29, 1.82) is 0 Å². The van der Waals surface area contributed by atoms with Gasteiger partial charge in [0.15, 0.2) is 15.0 Å². The molecule has 1 aliphatic rings. The molecule has 0 bridgehead atoms. The van der Waals surface area contributed by atoms with Crippen LogP contribution < -0.4 is 9.64 Å². The highest BCUT2D eigenvalue weighted by atomic mass is 32.2. The lowest BCUT2D eigenvalue weighted by Gasteiger charge is -2.23. The highest BCUT2D eigenvalue weighted by Gasteiger charge is 2.27. The Bertz CT molecular complexity index is 1220. The number of halogens is 1. The number of methoxy groups -OCH3 is 1. The summed E-state index contributed by atoms with van der Waals surface area (Å²) in [5.74, 6) is -0.283. The number of nitrogens with zero attached hydrogens (tertiary/aromatic N) is 2. The molecule has 1 atom stereocenters. The van der Waals surface area contributed by atoms with Crippen molar-refractivity contribution >= 4 is 42.4 Å². The van der Waals surface area contributed by atoms with Crippen LogP contribution in [0.25, 0.3) is 10.2 Å². The number of para-hydroxylation sites is 1. The monoisotopic (exact) mass is 492 g/mol. The van der Waals surface area contributed by atoms with Crippen LogP contribution in [-0.2, 0) is 19.4 Å². The smallest absolute Gasteiger partial charge is 0.228 e. The van der Waals surface area contributed by atoms with Crippen molar-refractivity contribution in [2.24, 2.45) is 0 Å². The van der Waals surface area contributed by atoms with Crippen LogP contribution in [0.1, 0.15) is 25.7 Å². The highest BCUT2D eigenvalue weighted by Crippen LogP contribution is 2.31. The third kappa shape index (κ3) is 5.51. The summed E-state index contributed by atoms with van der Waals surface area (Å²) in [6.07, 6.45) is 1.82. The minimum absolute atomic E-state index is 0.0283. The van der Waals surface area contributed by atoms with Gasteiger partial charge in [-0.3, -0.25) is 9.69 Å². The van der Waals surface area contributed by atoms with Gasteiger partial charge < -0.3 is 9.47 Å². The van der Waals surface area contributed by atoms with E-state index in [1.807, 2.05) is 0 Å². The number of amides is 1. The van der Waals surface area contributed by atoms with Crippen LogP contribution in [0.4, 0.5) is 9.52 Å². The van der Waals surface area contributed by atoms with E-state index in [4.69, 9.17) is 9.47 Å². The molecular weight excluding hydrogens is 467 g/mol. The van der Waals surface area contributed by atoms with E-state index in [1.54, 1.807) is 24.3 Å². The zero-order valence-electron chi connectivity index (χ0n) is 18.2. The summed E-state index contributed by atoms with van der Waals surface area (Å²) in [5, 5.41) is 0.397. The van der Waals surface area contributed by atoms with Gasteiger partial charge in [-0.25, -0.2) is 17.8 Å². The van der Waals surface area contributed by atoms with Crippen molar-refractivity contribution in [3.05, 3.63) is 48.3 Å². The van der Waals surface area contributed by atoms with Gasteiger partial charge in [-0.05, 0) is 55.7 Å². The Morgan fingerprint density at radius 1 is 1.27 bits per heavy atom. The molecule has 1 aliphatic heterocycles. The molecule has 3 aromatic rings. The number of rotatable bonds is 9. The number of hydrogen-bond donors (Lipinski definition) is 0. The average molecular weight is 493 g/mol. The molecule has 0 radical (unpaired) electrons. The lowest BCUT2D eigenvalue weighted by Crippen LogP contribution is -2.37. The molecule has 1 unspecified atom stereocenters. The van der Waals surface area contributed by atoms with Gasteiger partial charge in [0, 0.05) is 13.0 Å². The Morgan fingerprint density at radius 2 is 2.06 bits per heavy atom. The van der Waals surface area contributed by atoms with Crippen LogP contribution in [-0.4, -0.2) is 51.4 Å². The Hall–Kier alpha value is -2.56. The van der Waals surface area contributed by atoms with Crippen molar-refractivity contribution in [2.75, 3.05) is 30.9 Å². The molecule has 0 aliphatic carbocycles. The van der Waals surface area contributed by atoms with Gasteiger partial charge >= 0.3 is 0 Å². The van der Waals surface area contributed by atoms with Gasteiger partial charge in [0.2, 0.25) is 5.91 Å². The lowest BCUT2D eigenvalue weighted by molar-refractivity contribution is -0.119. The van der Waals surface area contributed by atoms with E-state index in [0.717, 1.165) is 12.8 Å². The molecule has 176 valence electrons. The summed E-state index contributed by atoms with van der Waals surface area (Å²) in [7, 11) is -2.02. The molecule has 0 N–H and O–H groups in total. The summed E-state index contributed by atoms with van der Waals surface area (Å²) in [5.41, 5.74) is 0.227. The number of carbonyl (C=O) groups is 1. The Balaban J connectivity index is 1.47. The molecule has 1 fully saturated rings. The molecule has 1 saturated heterocycles. The van der Waals surface area contributed by atoms with E-state index in [1.165, 1.54) is 41.5 Å². The normalized spacial score (nSPS) is 16.2. The first-order chi connectivity index (χ1) is 15.9. The molecule has 2 heterocycles. The van der Waals surface area contributed by atoms with Crippen LogP contribution in [0.5, 0.6) is 5.75 Å². The van der Waals surface area contributed by atoms with E-state index in [-0.39, 0.29) is 41.0 Å². The van der Waals surface area contributed by atoms with Crippen molar-refractivity contribution in [3.8, 4) is 5.75 Å². The van der Waals surface area contributed by atoms with Crippen LogP contribution in [0.15, 0.2) is 47.4 Å². The quantitative estimate of drug-likeness (QED) is 0.445. The first-order valence-electron chi connectivity index (χ1n) is 10.7. The molecule has 10 heteroatoms. The van der Waals surface area contributed by atoms with Crippen molar-refractivity contribution in [3.63, 3.8) is 0 Å². The van der Waals surface area contributed by atoms with Crippen LogP contribution in [0.3, 0.4) is 0 Å². The zero-order valence-corrected chi connectivity index (χ0v) is 19.8. The highest BCUT2D eigenvalue weighted by molar-refractivity contribution is 7.91. The minimum Gasteiger partial charge on any atom is -0.497 e. The number of thiazole rings is 1. The summed E-state index contributed by atoms with van der Waals surface area (Å²) in [4.78, 5) is 19.2. The van der Waals surface area contributed by atoms with Crippen molar-refractivity contribution in [2.45, 2.75) is 36.7 Å². The summed E-state index contributed by atoms with van der Waals surface area (Å²) >= 11 is 1.24. The summed E-state index contributed by atoms with van der Waals surface area (Å²) < 4.78 is 50.9. The molecule has 4 rings (SSSR count). The molecule has 33 heavy (non-hydrogen) atoms. The van der Waals surface area contributed by atoms with Crippen LogP contribution in [0, 0.1) is 5.82 Å². The Morgan fingerprint density at radius 3 is 2.73 bits per heavy atom. The maximum atomic E-state index is 14.2. The fraction of sp³-hybridized carbons (Fsp3) is 0.391. The van der Waals surface area contributed by atoms with Crippen molar-refractivity contribution < 1.29 is 27.1 Å². The minimum atomic E-state index is -3.53. The lowest BCUT2D eigenvalue weighted by atomic mass is 10.2. The summed E-state index contributed by atoms with van der Waals surface area (Å²) in [6, 6.07) is 10.9. The van der Waals surface area contributed by atoms with Gasteiger partial charge in [-0.15, -0.1) is 0 Å². The standard InChI is InChI=1S/C23H25FN2O5S2/c1-30-16-9-11-18(12-10-16)33(28,29)14-4-8-21(27)26(15-17-5-3-13-31-17)23-25-22-19(24)6-2-7-20(22)32-23/h2,6-7,9-12,17H,3-5,8,13-15H2,1H3. The van der Waals surface area contributed by atoms with Gasteiger partial charge in [0.25, 0.3) is 0 Å². The number of fused-ring (bicyclic) bond motifs is 1. The molecular formula is C23H25FN2O5S2. The molecule has 1 aromatic heterocycles. The number of hydrogen-bond acceptors (Lipinski definition) is 7. The second-order valence-corrected chi connectivity index (χ2v) is 10.9. The van der Waals surface area contributed by atoms with E-state index in [9.17, 15) is 17.6 Å². The molecule has 0 spiro atoms. The fourth-order valence-electron chi connectivity index (χ4n) is 3.75. The number of anilines is 1. The second kappa shape index (κ2) is 10.1. The zero-order chi connectivity index (χ0) is 23.4. The van der Waals surface area contributed by atoms with Crippen LogP contribution in [0.2, 0.25) is 0 Å². The predicted molar refractivity (Wildman–Crippen MR) is 125 cm³/mol. The molecule has 2 aromatic carbocycles. The molecule has 0 saturated carbocycles.